The van der Waals surface area contributed by atoms with E-state index >= 15 is 0 Å². The van der Waals surface area contributed by atoms with Gasteiger partial charge in [-0.1, -0.05) is 54.6 Å². The molecule has 0 aliphatic carbocycles. The average molecular weight is 821 g/mol. The number of benzene rings is 3. The SMILES string of the molecule is ClCCl.Cn1ncc(Br)c1N.[Au+].[O-][Cl+3]([O-])([O-])[O-].c1ccc([PH+](c2ccccc2)c2ccccc2)cc1. The van der Waals surface area contributed by atoms with Crippen LogP contribution in [0, 0.1) is 10.2 Å². The van der Waals surface area contributed by atoms with Crippen molar-refractivity contribution in [2.75, 3.05) is 11.1 Å². The van der Waals surface area contributed by atoms with E-state index < -0.39 is 18.2 Å². The monoisotopic (exact) mass is 818 g/mol. The fourth-order valence-corrected chi connectivity index (χ4v) is 5.66. The quantitative estimate of drug-likeness (QED) is 0.183. The Morgan fingerprint density at radius 3 is 1.25 bits per heavy atom. The van der Waals surface area contributed by atoms with Crippen molar-refractivity contribution in [2.45, 2.75) is 0 Å². The second-order valence-corrected chi connectivity index (χ2v) is 11.4. The third kappa shape index (κ3) is 14.7. The summed E-state index contributed by atoms with van der Waals surface area (Å²) in [5.74, 6) is 0.657. The predicted octanol–water partition coefficient (Wildman–Crippen LogP) is 0.605. The van der Waals surface area contributed by atoms with Crippen molar-refractivity contribution in [3.05, 3.63) is 102 Å². The van der Waals surface area contributed by atoms with Crippen molar-refractivity contribution >= 4 is 68.8 Å². The molecule has 0 bridgehead atoms. The minimum Gasteiger partial charge on any atom is -0.383 e. The molecule has 0 spiro atoms. The summed E-state index contributed by atoms with van der Waals surface area (Å²) in [4.78, 5) is 0. The van der Waals surface area contributed by atoms with Crippen LogP contribution in [-0.2, 0) is 29.4 Å². The zero-order valence-corrected chi connectivity index (χ0v) is 25.9. The van der Waals surface area contributed by atoms with Gasteiger partial charge in [0.1, 0.15) is 21.7 Å². The molecule has 13 heteroatoms. The third-order valence-electron chi connectivity index (χ3n) is 4.13. The van der Waals surface area contributed by atoms with Gasteiger partial charge in [-0.2, -0.15) is 5.10 Å². The van der Waals surface area contributed by atoms with Crippen molar-refractivity contribution in [1.29, 1.82) is 0 Å². The number of anilines is 1. The standard InChI is InChI=1S/C18H15P.C4H6BrN3.CH2Cl2.Au.ClHO4/c1-4-10-16(11-5-1)19(17-12-6-2-7-13-17)18-14-8-3-9-15-18;1-8-4(6)3(5)2-7-8;2-1-3;;2-1(3,4)5/h1-15H;2H,6H2,1H3;1H2;;(H,2,3,4,5)/q;;;+1;. The van der Waals surface area contributed by atoms with E-state index in [1.807, 2.05) is 0 Å². The molecule has 2 N–H and O–H groups in total. The van der Waals surface area contributed by atoms with Crippen LogP contribution in [0.15, 0.2) is 102 Å². The van der Waals surface area contributed by atoms with Gasteiger partial charge in [0.05, 0.1) is 23.9 Å². The van der Waals surface area contributed by atoms with E-state index in [2.05, 4.69) is 112 Å². The molecular weight excluding hydrogens is 796 g/mol. The maximum Gasteiger partial charge on any atom is 1.00 e. The summed E-state index contributed by atoms with van der Waals surface area (Å²) < 4.78 is 36.4. The smallest absolute Gasteiger partial charge is 0.383 e. The number of aromatic nitrogens is 2. The van der Waals surface area contributed by atoms with Gasteiger partial charge >= 0.3 is 22.4 Å². The summed E-state index contributed by atoms with van der Waals surface area (Å²) in [6.07, 6.45) is 1.66. The molecule has 4 aromatic rings. The molecule has 0 saturated carbocycles. The Balaban J connectivity index is 0.000000599. The molecule has 7 nitrogen and oxygen atoms in total. The summed E-state index contributed by atoms with van der Waals surface area (Å²) >= 11 is 12.7. The molecule has 1 heterocycles. The summed E-state index contributed by atoms with van der Waals surface area (Å²) in [5, 5.41) is 8.36. The first-order chi connectivity index (χ1) is 16.6. The third-order valence-corrected chi connectivity index (χ3v) is 7.47. The summed E-state index contributed by atoms with van der Waals surface area (Å²) in [5.41, 5.74) is 5.46. The number of nitrogens with two attached hydrogens (primary N) is 1. The van der Waals surface area contributed by atoms with Crippen LogP contribution in [0.25, 0.3) is 0 Å². The summed E-state index contributed by atoms with van der Waals surface area (Å²) in [6, 6.07) is 32.5. The number of hydrogen-bond acceptors (Lipinski definition) is 6. The van der Waals surface area contributed by atoms with Crippen LogP contribution in [0.2, 0.25) is 0 Å². The molecule has 0 atom stereocenters. The second kappa shape index (κ2) is 19.2. The van der Waals surface area contributed by atoms with Crippen LogP contribution < -0.4 is 40.3 Å². The molecular formula is C23H24AuBrCl3N3O4P+. The Kier molecular flexibility index (Phi) is 18.6. The molecule has 1 aromatic heterocycles. The van der Waals surface area contributed by atoms with E-state index in [9.17, 15) is 0 Å². The average Bonchev–Trinajstić information content (AvgIpc) is 3.12. The Bertz CT molecular complexity index is 977. The maximum absolute atomic E-state index is 8.49. The van der Waals surface area contributed by atoms with E-state index in [-0.39, 0.29) is 27.7 Å². The van der Waals surface area contributed by atoms with Gasteiger partial charge in [0.15, 0.2) is 0 Å². The number of rotatable bonds is 3. The molecule has 3 aromatic carbocycles. The van der Waals surface area contributed by atoms with Crippen LogP contribution in [0.3, 0.4) is 0 Å². The van der Waals surface area contributed by atoms with Gasteiger partial charge in [-0.25, -0.2) is 18.6 Å². The molecule has 0 fully saturated rings. The van der Waals surface area contributed by atoms with Gasteiger partial charge in [-0.3, -0.25) is 4.68 Å². The molecule has 0 aliphatic heterocycles. The number of aryl methyl sites for hydroxylation is 1. The van der Waals surface area contributed by atoms with Crippen molar-refractivity contribution < 1.29 is 51.3 Å². The molecule has 0 aliphatic rings. The van der Waals surface area contributed by atoms with Gasteiger partial charge in [-0.05, 0) is 52.3 Å². The van der Waals surface area contributed by atoms with Gasteiger partial charge in [0.25, 0.3) is 0 Å². The van der Waals surface area contributed by atoms with Crippen molar-refractivity contribution in [3.63, 3.8) is 0 Å². The zero-order valence-electron chi connectivity index (χ0n) is 18.9. The van der Waals surface area contributed by atoms with Crippen molar-refractivity contribution in [1.82, 2.24) is 9.78 Å². The number of nitrogen functional groups attached to an aromatic ring is 1. The van der Waals surface area contributed by atoms with Crippen LogP contribution in [0.4, 0.5) is 5.82 Å². The maximum atomic E-state index is 8.49. The van der Waals surface area contributed by atoms with Crippen LogP contribution in [0.1, 0.15) is 0 Å². The van der Waals surface area contributed by atoms with Crippen LogP contribution in [0.5, 0.6) is 0 Å². The fraction of sp³-hybridized carbons (Fsp3) is 0.0870. The minimum atomic E-state index is -4.94. The summed E-state index contributed by atoms with van der Waals surface area (Å²) in [6.45, 7) is 0. The van der Waals surface area contributed by atoms with Gasteiger partial charge in [0.2, 0.25) is 0 Å². The van der Waals surface area contributed by atoms with E-state index in [1.54, 1.807) is 17.9 Å². The molecule has 0 radical (unpaired) electrons. The number of nitrogens with zero attached hydrogens (tertiary/aromatic N) is 2. The van der Waals surface area contributed by atoms with Crippen LogP contribution in [-0.4, -0.2) is 15.1 Å². The normalized spacial score (nSPS) is 9.92. The van der Waals surface area contributed by atoms with Crippen molar-refractivity contribution in [3.8, 4) is 0 Å². The Labute approximate surface area is 248 Å². The van der Waals surface area contributed by atoms with Gasteiger partial charge in [0, 0.05) is 7.05 Å². The first-order valence-corrected chi connectivity index (χ1v) is 14.4. The number of halogens is 4. The molecule has 198 valence electrons. The molecule has 36 heavy (non-hydrogen) atoms. The molecule has 0 amide bonds. The van der Waals surface area contributed by atoms with Crippen LogP contribution >= 0.6 is 47.1 Å². The largest absolute Gasteiger partial charge is 1.00 e. The second-order valence-electron chi connectivity index (χ2n) is 6.45. The first kappa shape index (κ1) is 35.0. The van der Waals surface area contributed by atoms with E-state index in [0.29, 0.717) is 5.82 Å². The first-order valence-electron chi connectivity index (χ1n) is 9.78. The topological polar surface area (TPSA) is 136 Å². The molecule has 4 rings (SSSR count). The van der Waals surface area contributed by atoms with E-state index in [4.69, 9.17) is 47.6 Å². The summed E-state index contributed by atoms with van der Waals surface area (Å²) in [7, 11) is -4.03. The minimum absolute atomic E-state index is 0. The van der Waals surface area contributed by atoms with Crippen molar-refractivity contribution in [2.24, 2.45) is 7.05 Å². The van der Waals surface area contributed by atoms with Gasteiger partial charge < -0.3 is 5.73 Å². The van der Waals surface area contributed by atoms with E-state index in [1.165, 1.54) is 15.9 Å². The number of alkyl halides is 2. The predicted molar refractivity (Wildman–Crippen MR) is 138 cm³/mol. The number of hydrogen-bond donors (Lipinski definition) is 1. The Hall–Kier alpha value is -0.970. The molecule has 0 saturated heterocycles. The molecule has 0 unspecified atom stereocenters. The zero-order chi connectivity index (χ0) is 26.3. The Morgan fingerprint density at radius 1 is 0.806 bits per heavy atom. The Morgan fingerprint density at radius 2 is 1.08 bits per heavy atom. The van der Waals surface area contributed by atoms with E-state index in [0.717, 1.165) is 4.47 Å². The fourth-order valence-electron chi connectivity index (χ4n) is 2.73. The van der Waals surface area contributed by atoms with Gasteiger partial charge in [-0.15, -0.1) is 33.4 Å².